The third-order valence-corrected chi connectivity index (χ3v) is 6.16. The van der Waals surface area contributed by atoms with Crippen LogP contribution in [0.3, 0.4) is 0 Å². The standard InChI is InChI=1S/C25H21BrN2O6/c1-14-10-21(26)19(24(31)28-34-13-23(29)30)11-22(14)27-25(32)33-12-20-17-8-4-2-6-15(17)16-7-3-5-9-18(16)20/h2-11,20H,12-13H2,1H3,(H,27,32)(H,28,31)(H,29,30). The lowest BCUT2D eigenvalue weighted by Crippen LogP contribution is -2.27. The number of aryl methyl sites for hydroxylation is 1. The lowest BCUT2D eigenvalue weighted by atomic mass is 9.98. The molecule has 8 nitrogen and oxygen atoms in total. The van der Waals surface area contributed by atoms with Gasteiger partial charge in [0.25, 0.3) is 5.91 Å². The number of carbonyl (C=O) groups is 3. The molecule has 0 spiro atoms. The van der Waals surface area contributed by atoms with Crippen LogP contribution >= 0.6 is 15.9 Å². The predicted octanol–water partition coefficient (Wildman–Crippen LogP) is 4.86. The van der Waals surface area contributed by atoms with Gasteiger partial charge < -0.3 is 9.84 Å². The predicted molar refractivity (Wildman–Crippen MR) is 129 cm³/mol. The molecule has 2 amide bonds. The van der Waals surface area contributed by atoms with Crippen molar-refractivity contribution in [2.75, 3.05) is 18.5 Å². The molecule has 0 saturated carbocycles. The lowest BCUT2D eigenvalue weighted by Gasteiger charge is -2.16. The van der Waals surface area contributed by atoms with E-state index in [1.807, 2.05) is 36.4 Å². The summed E-state index contributed by atoms with van der Waals surface area (Å²) in [6.45, 7) is 1.25. The molecule has 174 valence electrons. The van der Waals surface area contributed by atoms with Gasteiger partial charge in [-0.1, -0.05) is 48.5 Å². The number of rotatable bonds is 7. The van der Waals surface area contributed by atoms with Gasteiger partial charge in [-0.05, 0) is 62.8 Å². The third kappa shape index (κ3) is 4.95. The van der Waals surface area contributed by atoms with E-state index in [-0.39, 0.29) is 18.1 Å². The zero-order valence-corrected chi connectivity index (χ0v) is 19.7. The second-order valence-electron chi connectivity index (χ2n) is 7.71. The zero-order valence-electron chi connectivity index (χ0n) is 18.1. The fourth-order valence-electron chi connectivity index (χ4n) is 3.94. The van der Waals surface area contributed by atoms with Crippen LogP contribution in [-0.2, 0) is 14.4 Å². The molecule has 3 aromatic carbocycles. The number of nitrogens with one attached hydrogen (secondary N) is 2. The van der Waals surface area contributed by atoms with Gasteiger partial charge in [0.15, 0.2) is 6.61 Å². The molecule has 0 fully saturated rings. The maximum atomic E-state index is 12.6. The molecule has 0 atom stereocenters. The zero-order chi connectivity index (χ0) is 24.2. The molecule has 0 bridgehead atoms. The van der Waals surface area contributed by atoms with Gasteiger partial charge in [0.2, 0.25) is 0 Å². The molecule has 0 heterocycles. The van der Waals surface area contributed by atoms with E-state index in [1.54, 1.807) is 13.0 Å². The first-order chi connectivity index (χ1) is 16.3. The van der Waals surface area contributed by atoms with E-state index >= 15 is 0 Å². The average molecular weight is 525 g/mol. The highest BCUT2D eigenvalue weighted by Crippen LogP contribution is 2.44. The van der Waals surface area contributed by atoms with Crippen molar-refractivity contribution in [3.63, 3.8) is 0 Å². The van der Waals surface area contributed by atoms with Crippen molar-refractivity contribution in [3.05, 3.63) is 87.4 Å². The van der Waals surface area contributed by atoms with Gasteiger partial charge >= 0.3 is 12.1 Å². The van der Waals surface area contributed by atoms with Crippen LogP contribution in [0.25, 0.3) is 11.1 Å². The van der Waals surface area contributed by atoms with Gasteiger partial charge in [0, 0.05) is 16.1 Å². The molecule has 0 aliphatic heterocycles. The van der Waals surface area contributed by atoms with Crippen LogP contribution in [0.5, 0.6) is 0 Å². The first-order valence-electron chi connectivity index (χ1n) is 10.4. The number of ether oxygens (including phenoxy) is 1. The van der Waals surface area contributed by atoms with Gasteiger partial charge in [-0.2, -0.15) is 0 Å². The number of hydroxylamine groups is 1. The summed E-state index contributed by atoms with van der Waals surface area (Å²) in [7, 11) is 0. The number of carboxylic acids is 1. The van der Waals surface area contributed by atoms with Gasteiger partial charge in [-0.15, -0.1) is 0 Å². The van der Waals surface area contributed by atoms with Crippen molar-refractivity contribution in [1.82, 2.24) is 5.48 Å². The quantitative estimate of drug-likeness (QED) is 0.380. The number of benzene rings is 3. The first kappa shape index (κ1) is 23.5. The Balaban J connectivity index is 1.44. The summed E-state index contributed by atoms with van der Waals surface area (Å²) in [4.78, 5) is 40.1. The fourth-order valence-corrected chi connectivity index (χ4v) is 4.58. The van der Waals surface area contributed by atoms with Crippen LogP contribution in [0, 0.1) is 6.92 Å². The number of hydrogen-bond acceptors (Lipinski definition) is 5. The highest BCUT2D eigenvalue weighted by atomic mass is 79.9. The van der Waals surface area contributed by atoms with Crippen molar-refractivity contribution in [2.45, 2.75) is 12.8 Å². The van der Waals surface area contributed by atoms with Crippen LogP contribution in [0.4, 0.5) is 10.5 Å². The Morgan fingerprint density at radius 3 is 2.24 bits per heavy atom. The number of fused-ring (bicyclic) bond motifs is 3. The normalized spacial score (nSPS) is 11.9. The number of halogens is 1. The van der Waals surface area contributed by atoms with E-state index in [1.165, 1.54) is 6.07 Å². The summed E-state index contributed by atoms with van der Waals surface area (Å²) in [5.74, 6) is -1.96. The second-order valence-corrected chi connectivity index (χ2v) is 8.57. The SMILES string of the molecule is Cc1cc(Br)c(C(=O)NOCC(=O)O)cc1NC(=O)OCC1c2ccccc2-c2ccccc21. The van der Waals surface area contributed by atoms with Crippen molar-refractivity contribution in [3.8, 4) is 11.1 Å². The molecule has 3 aromatic rings. The molecule has 4 rings (SSSR count). The van der Waals surface area contributed by atoms with Gasteiger partial charge in [0.05, 0.1) is 5.56 Å². The molecule has 0 radical (unpaired) electrons. The average Bonchev–Trinajstić information content (AvgIpc) is 3.13. The van der Waals surface area contributed by atoms with E-state index in [2.05, 4.69) is 43.7 Å². The molecule has 3 N–H and O–H groups in total. The molecule has 34 heavy (non-hydrogen) atoms. The van der Waals surface area contributed by atoms with Crippen LogP contribution in [-0.4, -0.2) is 36.3 Å². The highest BCUT2D eigenvalue weighted by molar-refractivity contribution is 9.10. The largest absolute Gasteiger partial charge is 0.479 e. The van der Waals surface area contributed by atoms with E-state index in [9.17, 15) is 14.4 Å². The minimum Gasteiger partial charge on any atom is -0.479 e. The number of amides is 2. The lowest BCUT2D eigenvalue weighted by molar-refractivity contribution is -0.144. The third-order valence-electron chi connectivity index (χ3n) is 5.50. The second kappa shape index (κ2) is 10.1. The first-order valence-corrected chi connectivity index (χ1v) is 11.2. The van der Waals surface area contributed by atoms with E-state index < -0.39 is 24.6 Å². The van der Waals surface area contributed by atoms with Crippen LogP contribution in [0.2, 0.25) is 0 Å². The number of aliphatic carboxylic acids is 1. The molecule has 0 aromatic heterocycles. The molecular formula is C25H21BrN2O6. The van der Waals surface area contributed by atoms with Crippen molar-refractivity contribution < 1.29 is 29.1 Å². The Bertz CT molecular complexity index is 1230. The Labute approximate surface area is 204 Å². The van der Waals surface area contributed by atoms with Crippen LogP contribution < -0.4 is 10.8 Å². The molecule has 0 unspecified atom stereocenters. The highest BCUT2D eigenvalue weighted by Gasteiger charge is 2.29. The summed E-state index contributed by atoms with van der Waals surface area (Å²) in [5, 5.41) is 11.3. The number of hydrogen-bond donors (Lipinski definition) is 3. The summed E-state index contributed by atoms with van der Waals surface area (Å²) < 4.78 is 6.03. The molecule has 1 aliphatic rings. The molecule has 0 saturated heterocycles. The van der Waals surface area contributed by atoms with E-state index in [4.69, 9.17) is 9.84 Å². The topological polar surface area (TPSA) is 114 Å². The Hall–Kier alpha value is -3.69. The van der Waals surface area contributed by atoms with Gasteiger partial charge in [-0.25, -0.2) is 15.1 Å². The molecule has 1 aliphatic carbocycles. The Kier molecular flexibility index (Phi) is 6.95. The number of carboxylic acid groups (broad SMARTS) is 1. The van der Waals surface area contributed by atoms with Gasteiger partial charge in [0.1, 0.15) is 6.61 Å². The Morgan fingerprint density at radius 2 is 1.62 bits per heavy atom. The van der Waals surface area contributed by atoms with Crippen molar-refractivity contribution in [1.29, 1.82) is 0 Å². The fraction of sp³-hybridized carbons (Fsp3) is 0.160. The van der Waals surface area contributed by atoms with Crippen molar-refractivity contribution >= 4 is 39.6 Å². The smallest absolute Gasteiger partial charge is 0.411 e. The van der Waals surface area contributed by atoms with Crippen LogP contribution in [0.1, 0.15) is 33.0 Å². The minimum absolute atomic E-state index is 0.0723. The monoisotopic (exact) mass is 524 g/mol. The minimum atomic E-state index is -1.22. The summed E-state index contributed by atoms with van der Waals surface area (Å²) in [5.41, 5.74) is 7.78. The van der Waals surface area contributed by atoms with Gasteiger partial charge in [-0.3, -0.25) is 14.9 Å². The van der Waals surface area contributed by atoms with Crippen molar-refractivity contribution in [2.24, 2.45) is 0 Å². The number of carbonyl (C=O) groups excluding carboxylic acids is 2. The maximum absolute atomic E-state index is 12.6. The van der Waals surface area contributed by atoms with Crippen LogP contribution in [0.15, 0.2) is 65.1 Å². The molecular weight excluding hydrogens is 504 g/mol. The maximum Gasteiger partial charge on any atom is 0.411 e. The summed E-state index contributed by atoms with van der Waals surface area (Å²) >= 11 is 3.30. The van der Waals surface area contributed by atoms with E-state index in [0.717, 1.165) is 22.3 Å². The summed E-state index contributed by atoms with van der Waals surface area (Å²) in [6, 6.07) is 19.2. The summed E-state index contributed by atoms with van der Waals surface area (Å²) in [6.07, 6.45) is -0.652. The molecule has 9 heteroatoms. The number of anilines is 1. The Morgan fingerprint density at radius 1 is 1.00 bits per heavy atom. The van der Waals surface area contributed by atoms with E-state index in [0.29, 0.717) is 15.7 Å².